The van der Waals surface area contributed by atoms with Gasteiger partial charge in [-0.15, -0.1) is 0 Å². The maximum absolute atomic E-state index is 12.3. The molecule has 0 aliphatic rings. The summed E-state index contributed by atoms with van der Waals surface area (Å²) in [6.07, 6.45) is 4.25. The van der Waals surface area contributed by atoms with Crippen molar-refractivity contribution in [3.63, 3.8) is 0 Å². The van der Waals surface area contributed by atoms with Crippen molar-refractivity contribution in [1.82, 2.24) is 9.78 Å². The highest BCUT2D eigenvalue weighted by Gasteiger charge is 2.09. The summed E-state index contributed by atoms with van der Waals surface area (Å²) in [6, 6.07) is 17.6. The third-order valence-corrected chi connectivity index (χ3v) is 3.46. The lowest BCUT2D eigenvalue weighted by Crippen LogP contribution is -2.11. The summed E-state index contributed by atoms with van der Waals surface area (Å²) in [6.45, 7) is 2.09. The molecule has 4 nitrogen and oxygen atoms in total. The molecule has 0 saturated carbocycles. The SMILES string of the molecule is CCc1cccc(NC(=O)c2cnn(-c3ccccc3)c2)c1. The van der Waals surface area contributed by atoms with E-state index in [1.165, 1.54) is 5.56 Å². The van der Waals surface area contributed by atoms with Crippen LogP contribution in [0.2, 0.25) is 0 Å². The van der Waals surface area contributed by atoms with Gasteiger partial charge in [-0.2, -0.15) is 5.10 Å². The molecule has 3 rings (SSSR count). The van der Waals surface area contributed by atoms with Crippen LogP contribution in [0.3, 0.4) is 0 Å². The summed E-state index contributed by atoms with van der Waals surface area (Å²) < 4.78 is 1.69. The van der Waals surface area contributed by atoms with E-state index in [1.54, 1.807) is 17.1 Å². The van der Waals surface area contributed by atoms with E-state index in [1.807, 2.05) is 54.6 Å². The standard InChI is InChI=1S/C18H17N3O/c1-2-14-7-6-8-16(11-14)20-18(22)15-12-19-21(13-15)17-9-4-3-5-10-17/h3-13H,2H2,1H3,(H,20,22). The summed E-state index contributed by atoms with van der Waals surface area (Å²) in [4.78, 5) is 12.3. The van der Waals surface area contributed by atoms with E-state index in [9.17, 15) is 4.79 Å². The minimum atomic E-state index is -0.157. The maximum Gasteiger partial charge on any atom is 0.258 e. The summed E-state index contributed by atoms with van der Waals surface area (Å²) in [5, 5.41) is 7.14. The molecule has 1 N–H and O–H groups in total. The Morgan fingerprint density at radius 1 is 1.14 bits per heavy atom. The van der Waals surface area contributed by atoms with Crippen LogP contribution in [0, 0.1) is 0 Å². The van der Waals surface area contributed by atoms with Crippen LogP contribution in [0.15, 0.2) is 67.0 Å². The number of rotatable bonds is 4. The monoisotopic (exact) mass is 291 g/mol. The number of hydrogen-bond donors (Lipinski definition) is 1. The molecule has 0 fully saturated rings. The molecule has 1 aromatic heterocycles. The molecule has 0 atom stereocenters. The number of carbonyl (C=O) groups is 1. The minimum absolute atomic E-state index is 0.157. The van der Waals surface area contributed by atoms with Crippen molar-refractivity contribution in [3.05, 3.63) is 78.1 Å². The number of benzene rings is 2. The largest absolute Gasteiger partial charge is 0.322 e. The number of aromatic nitrogens is 2. The van der Waals surface area contributed by atoms with Gasteiger partial charge in [0.25, 0.3) is 5.91 Å². The zero-order valence-electron chi connectivity index (χ0n) is 12.4. The van der Waals surface area contributed by atoms with E-state index in [-0.39, 0.29) is 5.91 Å². The Morgan fingerprint density at radius 2 is 1.95 bits per heavy atom. The van der Waals surface area contributed by atoms with Crippen LogP contribution in [-0.4, -0.2) is 15.7 Å². The average Bonchev–Trinajstić information content (AvgIpc) is 3.06. The lowest BCUT2D eigenvalue weighted by atomic mass is 10.1. The third kappa shape index (κ3) is 3.06. The first-order valence-corrected chi connectivity index (χ1v) is 7.26. The Labute approximate surface area is 129 Å². The second-order valence-electron chi connectivity index (χ2n) is 5.02. The Hall–Kier alpha value is -2.88. The molecular formula is C18H17N3O. The number of amides is 1. The fourth-order valence-electron chi connectivity index (χ4n) is 2.23. The predicted molar refractivity (Wildman–Crippen MR) is 87.3 cm³/mol. The molecule has 3 aromatic rings. The summed E-state index contributed by atoms with van der Waals surface area (Å²) in [5.74, 6) is -0.157. The fourth-order valence-corrected chi connectivity index (χ4v) is 2.23. The van der Waals surface area contributed by atoms with Gasteiger partial charge in [-0.25, -0.2) is 4.68 Å². The van der Waals surface area contributed by atoms with E-state index >= 15 is 0 Å². The topological polar surface area (TPSA) is 46.9 Å². The van der Waals surface area contributed by atoms with E-state index in [4.69, 9.17) is 0 Å². The van der Waals surface area contributed by atoms with Crippen molar-refractivity contribution in [2.24, 2.45) is 0 Å². The smallest absolute Gasteiger partial charge is 0.258 e. The summed E-state index contributed by atoms with van der Waals surface area (Å²) >= 11 is 0. The van der Waals surface area contributed by atoms with Crippen molar-refractivity contribution >= 4 is 11.6 Å². The molecule has 1 amide bonds. The Kier molecular flexibility index (Phi) is 4.01. The third-order valence-electron chi connectivity index (χ3n) is 3.46. The molecule has 2 aromatic carbocycles. The van der Waals surface area contributed by atoms with Gasteiger partial charge in [-0.1, -0.05) is 37.3 Å². The van der Waals surface area contributed by atoms with Gasteiger partial charge in [0.05, 0.1) is 17.4 Å². The van der Waals surface area contributed by atoms with Gasteiger partial charge in [0.15, 0.2) is 0 Å². The number of anilines is 1. The first-order chi connectivity index (χ1) is 10.8. The second-order valence-corrected chi connectivity index (χ2v) is 5.02. The highest BCUT2D eigenvalue weighted by molar-refractivity contribution is 6.04. The normalized spacial score (nSPS) is 10.4. The van der Waals surface area contributed by atoms with Crippen molar-refractivity contribution in [3.8, 4) is 5.69 Å². The average molecular weight is 291 g/mol. The quantitative estimate of drug-likeness (QED) is 0.797. The van der Waals surface area contributed by atoms with E-state index in [2.05, 4.69) is 17.3 Å². The van der Waals surface area contributed by atoms with Gasteiger partial charge < -0.3 is 5.32 Å². The maximum atomic E-state index is 12.3. The van der Waals surface area contributed by atoms with Gasteiger partial charge >= 0.3 is 0 Å². The van der Waals surface area contributed by atoms with Crippen LogP contribution in [0.25, 0.3) is 5.69 Å². The van der Waals surface area contributed by atoms with Gasteiger partial charge in [0, 0.05) is 11.9 Å². The number of aryl methyl sites for hydroxylation is 1. The van der Waals surface area contributed by atoms with E-state index in [0.29, 0.717) is 5.56 Å². The Morgan fingerprint density at radius 3 is 2.73 bits per heavy atom. The van der Waals surface area contributed by atoms with Gasteiger partial charge in [0.1, 0.15) is 0 Å². The first-order valence-electron chi connectivity index (χ1n) is 7.26. The predicted octanol–water partition coefficient (Wildman–Crippen LogP) is 3.69. The molecule has 22 heavy (non-hydrogen) atoms. The molecule has 1 heterocycles. The van der Waals surface area contributed by atoms with Crippen LogP contribution in [0.5, 0.6) is 0 Å². The van der Waals surface area contributed by atoms with Gasteiger partial charge in [-0.05, 0) is 36.2 Å². The van der Waals surface area contributed by atoms with Gasteiger partial charge in [-0.3, -0.25) is 4.79 Å². The molecule has 0 unspecified atom stereocenters. The summed E-state index contributed by atoms with van der Waals surface area (Å²) in [7, 11) is 0. The molecule has 0 bridgehead atoms. The van der Waals surface area contributed by atoms with E-state index < -0.39 is 0 Å². The number of carbonyl (C=O) groups excluding carboxylic acids is 1. The molecule has 0 spiro atoms. The Balaban J connectivity index is 1.77. The molecule has 110 valence electrons. The highest BCUT2D eigenvalue weighted by atomic mass is 16.1. The number of para-hydroxylation sites is 1. The van der Waals surface area contributed by atoms with Crippen molar-refractivity contribution < 1.29 is 4.79 Å². The molecule has 0 saturated heterocycles. The molecule has 4 heteroatoms. The zero-order chi connectivity index (χ0) is 15.4. The van der Waals surface area contributed by atoms with Crippen LogP contribution < -0.4 is 5.32 Å². The lowest BCUT2D eigenvalue weighted by Gasteiger charge is -2.05. The van der Waals surface area contributed by atoms with Crippen LogP contribution in [0.1, 0.15) is 22.8 Å². The lowest BCUT2D eigenvalue weighted by molar-refractivity contribution is 0.102. The van der Waals surface area contributed by atoms with E-state index in [0.717, 1.165) is 17.8 Å². The minimum Gasteiger partial charge on any atom is -0.322 e. The first kappa shape index (κ1) is 14.1. The summed E-state index contributed by atoms with van der Waals surface area (Å²) in [5.41, 5.74) is 3.45. The number of nitrogens with zero attached hydrogens (tertiary/aromatic N) is 2. The number of nitrogens with one attached hydrogen (secondary N) is 1. The number of hydrogen-bond acceptors (Lipinski definition) is 2. The highest BCUT2D eigenvalue weighted by Crippen LogP contribution is 2.13. The van der Waals surface area contributed by atoms with Crippen LogP contribution >= 0.6 is 0 Å². The molecular weight excluding hydrogens is 274 g/mol. The van der Waals surface area contributed by atoms with Crippen molar-refractivity contribution in [1.29, 1.82) is 0 Å². The van der Waals surface area contributed by atoms with Crippen molar-refractivity contribution in [2.45, 2.75) is 13.3 Å². The van der Waals surface area contributed by atoms with Crippen LogP contribution in [-0.2, 0) is 6.42 Å². The van der Waals surface area contributed by atoms with Gasteiger partial charge in [0.2, 0.25) is 0 Å². The van der Waals surface area contributed by atoms with Crippen molar-refractivity contribution in [2.75, 3.05) is 5.32 Å². The molecule has 0 aliphatic heterocycles. The van der Waals surface area contributed by atoms with Crippen LogP contribution in [0.4, 0.5) is 5.69 Å². The molecule has 0 radical (unpaired) electrons. The fraction of sp³-hybridized carbons (Fsp3) is 0.111. The molecule has 0 aliphatic carbocycles. The Bertz CT molecular complexity index is 778. The zero-order valence-corrected chi connectivity index (χ0v) is 12.4. The second kappa shape index (κ2) is 6.26.